The van der Waals surface area contributed by atoms with Crippen LogP contribution in [0.2, 0.25) is 0 Å². The second kappa shape index (κ2) is 6.96. The molecule has 1 aromatic carbocycles. The average molecular weight is 420 g/mol. The van der Waals surface area contributed by atoms with E-state index in [1.54, 1.807) is 42.5 Å². The van der Waals surface area contributed by atoms with E-state index >= 15 is 0 Å². The van der Waals surface area contributed by atoms with Crippen LogP contribution in [0, 0.1) is 13.8 Å². The number of amides is 2. The van der Waals surface area contributed by atoms with Gasteiger partial charge in [0.15, 0.2) is 6.61 Å². The standard InChI is InChI=1S/C21H16N4O4S/c1-10-3-6-17(30-10)15-8-13(19-11(2)25-29-21(19)24-15)20(27)22-12-4-5-16-14(7-12)23-18(26)9-28-16/h3-8H,9H2,1-2H3,(H,22,27)(H,23,26). The molecule has 0 saturated carbocycles. The third kappa shape index (κ3) is 3.18. The van der Waals surface area contributed by atoms with E-state index in [0.717, 1.165) is 9.75 Å². The fraction of sp³-hybridized carbons (Fsp3) is 0.143. The van der Waals surface area contributed by atoms with Gasteiger partial charge in [0.2, 0.25) is 0 Å². The van der Waals surface area contributed by atoms with Crippen LogP contribution in [0.25, 0.3) is 21.7 Å². The normalized spacial score (nSPS) is 12.9. The van der Waals surface area contributed by atoms with Gasteiger partial charge in [-0.1, -0.05) is 5.16 Å². The van der Waals surface area contributed by atoms with Crippen LogP contribution in [0.1, 0.15) is 20.9 Å². The highest BCUT2D eigenvalue weighted by atomic mass is 32.1. The number of nitrogens with one attached hydrogen (secondary N) is 2. The highest BCUT2D eigenvalue weighted by Gasteiger charge is 2.21. The molecule has 3 aromatic heterocycles. The molecule has 0 bridgehead atoms. The summed E-state index contributed by atoms with van der Waals surface area (Å²) in [5, 5.41) is 10.2. The minimum Gasteiger partial charge on any atom is -0.482 e. The van der Waals surface area contributed by atoms with E-state index in [9.17, 15) is 9.59 Å². The van der Waals surface area contributed by atoms with Crippen LogP contribution in [-0.4, -0.2) is 28.6 Å². The van der Waals surface area contributed by atoms with Crippen LogP contribution in [0.5, 0.6) is 5.75 Å². The highest BCUT2D eigenvalue weighted by molar-refractivity contribution is 7.15. The highest BCUT2D eigenvalue weighted by Crippen LogP contribution is 2.33. The molecular formula is C21H16N4O4S. The van der Waals surface area contributed by atoms with Gasteiger partial charge in [0.25, 0.3) is 17.5 Å². The second-order valence-corrected chi connectivity index (χ2v) is 8.20. The molecule has 9 heteroatoms. The summed E-state index contributed by atoms with van der Waals surface area (Å²) < 4.78 is 10.7. The van der Waals surface area contributed by atoms with Gasteiger partial charge >= 0.3 is 0 Å². The van der Waals surface area contributed by atoms with Crippen molar-refractivity contribution in [2.75, 3.05) is 17.2 Å². The van der Waals surface area contributed by atoms with Gasteiger partial charge in [0.05, 0.1) is 32.9 Å². The number of carbonyl (C=O) groups excluding carboxylic acids is 2. The molecule has 5 rings (SSSR count). The number of benzene rings is 1. The largest absolute Gasteiger partial charge is 0.482 e. The molecule has 0 atom stereocenters. The first-order valence-electron chi connectivity index (χ1n) is 9.20. The van der Waals surface area contributed by atoms with Crippen LogP contribution >= 0.6 is 11.3 Å². The number of nitrogens with zero attached hydrogens (tertiary/aromatic N) is 2. The first-order chi connectivity index (χ1) is 14.5. The number of carbonyl (C=O) groups is 2. The van der Waals surface area contributed by atoms with Crippen molar-refractivity contribution in [1.82, 2.24) is 10.1 Å². The minimum absolute atomic E-state index is 0.0224. The average Bonchev–Trinajstić information content (AvgIpc) is 3.33. The lowest BCUT2D eigenvalue weighted by atomic mass is 10.1. The Labute approximate surface area is 174 Å². The van der Waals surface area contributed by atoms with E-state index in [1.165, 1.54) is 0 Å². The van der Waals surface area contributed by atoms with Gasteiger partial charge in [-0.15, -0.1) is 11.3 Å². The van der Waals surface area contributed by atoms with Gasteiger partial charge in [-0.2, -0.15) is 0 Å². The van der Waals surface area contributed by atoms with Crippen molar-refractivity contribution in [3.05, 3.63) is 52.5 Å². The molecule has 0 saturated heterocycles. The first kappa shape index (κ1) is 18.3. The van der Waals surface area contributed by atoms with Crippen LogP contribution in [0.3, 0.4) is 0 Å². The fourth-order valence-corrected chi connectivity index (χ4v) is 4.16. The lowest BCUT2D eigenvalue weighted by molar-refractivity contribution is -0.118. The topological polar surface area (TPSA) is 106 Å². The number of aryl methyl sites for hydroxylation is 2. The molecule has 1 aliphatic heterocycles. The van der Waals surface area contributed by atoms with E-state index in [0.29, 0.717) is 45.2 Å². The smallest absolute Gasteiger partial charge is 0.262 e. The zero-order valence-electron chi connectivity index (χ0n) is 16.1. The number of anilines is 2. The lowest BCUT2D eigenvalue weighted by Gasteiger charge is -2.18. The number of rotatable bonds is 3. The summed E-state index contributed by atoms with van der Waals surface area (Å²) in [6, 6.07) is 10.8. The van der Waals surface area contributed by atoms with Crippen molar-refractivity contribution in [2.24, 2.45) is 0 Å². The molecule has 0 radical (unpaired) electrons. The summed E-state index contributed by atoms with van der Waals surface area (Å²) in [4.78, 5) is 31.4. The predicted octanol–water partition coefficient (Wildman–Crippen LogP) is 4.15. The minimum atomic E-state index is -0.328. The summed E-state index contributed by atoms with van der Waals surface area (Å²) in [6.45, 7) is 3.76. The van der Waals surface area contributed by atoms with E-state index in [2.05, 4.69) is 20.8 Å². The Morgan fingerprint density at radius 2 is 2.07 bits per heavy atom. The Kier molecular flexibility index (Phi) is 4.25. The zero-order valence-corrected chi connectivity index (χ0v) is 16.9. The van der Waals surface area contributed by atoms with E-state index < -0.39 is 0 Å². The van der Waals surface area contributed by atoms with Crippen molar-refractivity contribution in [1.29, 1.82) is 0 Å². The molecule has 8 nitrogen and oxygen atoms in total. The molecule has 1 aliphatic rings. The van der Waals surface area contributed by atoms with E-state index in [1.807, 2.05) is 19.1 Å². The summed E-state index contributed by atoms with van der Waals surface area (Å²) in [6.07, 6.45) is 0. The van der Waals surface area contributed by atoms with Crippen molar-refractivity contribution in [3.8, 4) is 16.3 Å². The number of thiophene rings is 1. The molecule has 0 unspecified atom stereocenters. The van der Waals surface area contributed by atoms with Crippen LogP contribution in [-0.2, 0) is 4.79 Å². The van der Waals surface area contributed by atoms with Crippen molar-refractivity contribution < 1.29 is 18.8 Å². The van der Waals surface area contributed by atoms with Crippen molar-refractivity contribution in [3.63, 3.8) is 0 Å². The summed E-state index contributed by atoms with van der Waals surface area (Å²) >= 11 is 1.59. The van der Waals surface area contributed by atoms with Crippen LogP contribution in [0.15, 0.2) is 40.9 Å². The first-order valence-corrected chi connectivity index (χ1v) is 10.0. The Bertz CT molecular complexity index is 1320. The van der Waals surface area contributed by atoms with Crippen LogP contribution in [0.4, 0.5) is 11.4 Å². The third-order valence-electron chi connectivity index (χ3n) is 4.72. The second-order valence-electron chi connectivity index (χ2n) is 6.92. The molecule has 30 heavy (non-hydrogen) atoms. The van der Waals surface area contributed by atoms with Gasteiger partial charge in [-0.25, -0.2) is 4.98 Å². The molecule has 0 fully saturated rings. The number of hydrogen-bond donors (Lipinski definition) is 2. The quantitative estimate of drug-likeness (QED) is 0.516. The molecule has 150 valence electrons. The van der Waals surface area contributed by atoms with E-state index in [4.69, 9.17) is 9.26 Å². The van der Waals surface area contributed by atoms with Gasteiger partial charge in [-0.05, 0) is 50.2 Å². The number of aromatic nitrogens is 2. The Morgan fingerprint density at radius 1 is 1.20 bits per heavy atom. The van der Waals surface area contributed by atoms with E-state index in [-0.39, 0.29) is 18.4 Å². The summed E-state index contributed by atoms with van der Waals surface area (Å²) in [5.74, 6) is -0.00633. The van der Waals surface area contributed by atoms with Gasteiger partial charge in [0, 0.05) is 10.6 Å². The molecule has 2 N–H and O–H groups in total. The van der Waals surface area contributed by atoms with Crippen molar-refractivity contribution >= 4 is 45.6 Å². The molecule has 4 aromatic rings. The molecule has 0 spiro atoms. The fourth-order valence-electron chi connectivity index (χ4n) is 3.33. The number of fused-ring (bicyclic) bond motifs is 2. The zero-order chi connectivity index (χ0) is 20.8. The molecular weight excluding hydrogens is 404 g/mol. The van der Waals surface area contributed by atoms with Gasteiger partial charge in [0.1, 0.15) is 5.75 Å². The number of pyridine rings is 1. The monoisotopic (exact) mass is 420 g/mol. The lowest BCUT2D eigenvalue weighted by Crippen LogP contribution is -2.25. The maximum absolute atomic E-state index is 13.2. The number of hydrogen-bond acceptors (Lipinski definition) is 7. The van der Waals surface area contributed by atoms with Gasteiger partial charge < -0.3 is 19.9 Å². The summed E-state index contributed by atoms with van der Waals surface area (Å²) in [5.41, 5.74) is 3.00. The van der Waals surface area contributed by atoms with Gasteiger partial charge in [-0.3, -0.25) is 9.59 Å². The van der Waals surface area contributed by atoms with Crippen LogP contribution < -0.4 is 15.4 Å². The molecule has 4 heterocycles. The maximum Gasteiger partial charge on any atom is 0.262 e. The SMILES string of the molecule is Cc1ccc(-c2cc(C(=O)Nc3ccc4c(c3)NC(=O)CO4)c3c(C)noc3n2)s1. The Hall–Kier alpha value is -3.72. The predicted molar refractivity (Wildman–Crippen MR) is 113 cm³/mol. The summed E-state index contributed by atoms with van der Waals surface area (Å²) in [7, 11) is 0. The molecule has 2 amide bonds. The Morgan fingerprint density at radius 3 is 2.87 bits per heavy atom. The third-order valence-corrected chi connectivity index (χ3v) is 5.75. The Balaban J connectivity index is 1.53. The molecule has 0 aliphatic carbocycles. The number of ether oxygens (including phenoxy) is 1. The maximum atomic E-state index is 13.2. The van der Waals surface area contributed by atoms with Crippen molar-refractivity contribution in [2.45, 2.75) is 13.8 Å².